The van der Waals surface area contributed by atoms with Crippen molar-refractivity contribution in [3.63, 3.8) is 0 Å². The number of halogens is 1. The van der Waals surface area contributed by atoms with Gasteiger partial charge < -0.3 is 9.64 Å². The van der Waals surface area contributed by atoms with Crippen LogP contribution in [0.4, 0.5) is 10.1 Å². The Labute approximate surface area is 146 Å². The van der Waals surface area contributed by atoms with E-state index < -0.39 is 0 Å². The van der Waals surface area contributed by atoms with Gasteiger partial charge >= 0.3 is 0 Å². The number of methoxy groups -OCH3 is 1. The summed E-state index contributed by atoms with van der Waals surface area (Å²) in [7, 11) is 1.54. The Kier molecular flexibility index (Phi) is 5.28. The predicted octanol–water partition coefficient (Wildman–Crippen LogP) is 3.20. The summed E-state index contributed by atoms with van der Waals surface area (Å²) in [5.41, 5.74) is 4.08. The highest BCUT2D eigenvalue weighted by Gasteiger charge is 2.15. The SMILES string of the molecule is COc1cccc(C(=O)N/N=C\c2ccc(N3CCCC3)c(F)c2)c1. The van der Waals surface area contributed by atoms with Crippen molar-refractivity contribution in [1.82, 2.24) is 5.43 Å². The van der Waals surface area contributed by atoms with E-state index in [0.29, 0.717) is 22.6 Å². The summed E-state index contributed by atoms with van der Waals surface area (Å²) < 4.78 is 19.3. The summed E-state index contributed by atoms with van der Waals surface area (Å²) in [6.07, 6.45) is 3.62. The Morgan fingerprint density at radius 2 is 2.04 bits per heavy atom. The van der Waals surface area contributed by atoms with E-state index in [2.05, 4.69) is 10.5 Å². The van der Waals surface area contributed by atoms with Gasteiger partial charge in [-0.1, -0.05) is 12.1 Å². The molecule has 2 aromatic carbocycles. The average Bonchev–Trinajstić information content (AvgIpc) is 3.16. The quantitative estimate of drug-likeness (QED) is 0.671. The van der Waals surface area contributed by atoms with Gasteiger partial charge in [-0.25, -0.2) is 9.82 Å². The second-order valence-corrected chi connectivity index (χ2v) is 5.84. The molecule has 1 fully saturated rings. The highest BCUT2D eigenvalue weighted by atomic mass is 19.1. The van der Waals surface area contributed by atoms with Crippen LogP contribution in [0.15, 0.2) is 47.6 Å². The molecule has 130 valence electrons. The molecule has 0 unspecified atom stereocenters. The summed E-state index contributed by atoms with van der Waals surface area (Å²) in [4.78, 5) is 14.1. The minimum Gasteiger partial charge on any atom is -0.497 e. The van der Waals surface area contributed by atoms with Gasteiger partial charge in [0.1, 0.15) is 11.6 Å². The normalized spacial score (nSPS) is 14.1. The molecule has 0 aliphatic carbocycles. The molecule has 0 saturated carbocycles. The van der Waals surface area contributed by atoms with Crippen LogP contribution in [0.25, 0.3) is 0 Å². The number of nitrogens with one attached hydrogen (secondary N) is 1. The molecule has 0 bridgehead atoms. The van der Waals surface area contributed by atoms with E-state index in [1.165, 1.54) is 19.4 Å². The zero-order valence-corrected chi connectivity index (χ0v) is 14.0. The van der Waals surface area contributed by atoms with E-state index >= 15 is 0 Å². The van der Waals surface area contributed by atoms with E-state index in [0.717, 1.165) is 25.9 Å². The van der Waals surface area contributed by atoms with Gasteiger partial charge in [0.05, 0.1) is 19.0 Å². The molecule has 1 heterocycles. The van der Waals surface area contributed by atoms with Gasteiger partial charge in [0.25, 0.3) is 5.91 Å². The van der Waals surface area contributed by atoms with E-state index in [-0.39, 0.29) is 11.7 Å². The van der Waals surface area contributed by atoms with E-state index in [1.807, 2.05) is 4.90 Å². The summed E-state index contributed by atoms with van der Waals surface area (Å²) in [5.74, 6) is -0.0366. The third-order valence-corrected chi connectivity index (χ3v) is 4.13. The van der Waals surface area contributed by atoms with Gasteiger partial charge in [-0.3, -0.25) is 4.79 Å². The topological polar surface area (TPSA) is 53.9 Å². The Morgan fingerprint density at radius 3 is 2.76 bits per heavy atom. The van der Waals surface area contributed by atoms with Crippen molar-refractivity contribution in [2.24, 2.45) is 5.10 Å². The maximum absolute atomic E-state index is 14.2. The van der Waals surface area contributed by atoms with Crippen LogP contribution in [0.1, 0.15) is 28.8 Å². The van der Waals surface area contributed by atoms with Crippen LogP contribution < -0.4 is 15.1 Å². The smallest absolute Gasteiger partial charge is 0.271 e. The zero-order chi connectivity index (χ0) is 17.6. The zero-order valence-electron chi connectivity index (χ0n) is 14.0. The molecule has 1 aliphatic heterocycles. The van der Waals surface area contributed by atoms with Gasteiger partial charge in [-0.2, -0.15) is 5.10 Å². The molecule has 1 aliphatic rings. The van der Waals surface area contributed by atoms with Crippen LogP contribution in [0.2, 0.25) is 0 Å². The van der Waals surface area contributed by atoms with Crippen molar-refractivity contribution < 1.29 is 13.9 Å². The molecule has 0 aromatic heterocycles. The van der Waals surface area contributed by atoms with Crippen molar-refractivity contribution in [2.75, 3.05) is 25.1 Å². The van der Waals surface area contributed by atoms with Crippen molar-refractivity contribution in [3.05, 3.63) is 59.4 Å². The third kappa shape index (κ3) is 4.15. The van der Waals surface area contributed by atoms with Crippen molar-refractivity contribution in [3.8, 4) is 5.75 Å². The van der Waals surface area contributed by atoms with E-state index in [1.54, 1.807) is 36.4 Å². The number of carbonyl (C=O) groups is 1. The summed E-state index contributed by atoms with van der Waals surface area (Å²) in [6.45, 7) is 1.78. The van der Waals surface area contributed by atoms with Gasteiger partial charge in [0.2, 0.25) is 0 Å². The van der Waals surface area contributed by atoms with Gasteiger partial charge in [-0.15, -0.1) is 0 Å². The maximum Gasteiger partial charge on any atom is 0.271 e. The van der Waals surface area contributed by atoms with Crippen molar-refractivity contribution in [2.45, 2.75) is 12.8 Å². The number of hydrogen-bond acceptors (Lipinski definition) is 4. The predicted molar refractivity (Wildman–Crippen MR) is 95.9 cm³/mol. The largest absolute Gasteiger partial charge is 0.497 e. The molecular weight excluding hydrogens is 321 g/mol. The number of anilines is 1. The van der Waals surface area contributed by atoms with Crippen LogP contribution in [-0.4, -0.2) is 32.3 Å². The van der Waals surface area contributed by atoms with Gasteiger partial charge in [0, 0.05) is 18.7 Å². The van der Waals surface area contributed by atoms with Crippen molar-refractivity contribution in [1.29, 1.82) is 0 Å². The standard InChI is InChI=1S/C19H20FN3O2/c1-25-16-6-4-5-15(12-16)19(24)22-21-13-14-7-8-18(17(20)11-14)23-9-2-3-10-23/h4-8,11-13H,2-3,9-10H2,1H3,(H,22,24)/b21-13-. The molecular formula is C19H20FN3O2. The Bertz CT molecular complexity index is 786. The van der Waals surface area contributed by atoms with E-state index in [4.69, 9.17) is 4.74 Å². The monoisotopic (exact) mass is 341 g/mol. The molecule has 0 spiro atoms. The molecule has 2 aromatic rings. The lowest BCUT2D eigenvalue weighted by Gasteiger charge is -2.18. The fraction of sp³-hybridized carbons (Fsp3) is 0.263. The highest BCUT2D eigenvalue weighted by molar-refractivity contribution is 5.95. The molecule has 0 atom stereocenters. The summed E-state index contributed by atoms with van der Waals surface area (Å²) in [6, 6.07) is 11.7. The first-order valence-electron chi connectivity index (χ1n) is 8.19. The Balaban J connectivity index is 1.63. The number of ether oxygens (including phenoxy) is 1. The van der Waals surface area contributed by atoms with E-state index in [9.17, 15) is 9.18 Å². The van der Waals surface area contributed by atoms with Crippen LogP contribution in [0.3, 0.4) is 0 Å². The number of amides is 1. The number of carbonyl (C=O) groups excluding carboxylic acids is 1. The fourth-order valence-corrected chi connectivity index (χ4v) is 2.81. The molecule has 6 heteroatoms. The average molecular weight is 341 g/mol. The molecule has 1 N–H and O–H groups in total. The maximum atomic E-state index is 14.2. The molecule has 3 rings (SSSR count). The van der Waals surface area contributed by atoms with Crippen molar-refractivity contribution >= 4 is 17.8 Å². The second kappa shape index (κ2) is 7.79. The second-order valence-electron chi connectivity index (χ2n) is 5.84. The molecule has 5 nitrogen and oxygen atoms in total. The third-order valence-electron chi connectivity index (χ3n) is 4.13. The first kappa shape index (κ1) is 17.0. The van der Waals surface area contributed by atoms with Crippen LogP contribution in [0, 0.1) is 5.82 Å². The molecule has 1 saturated heterocycles. The first-order valence-corrected chi connectivity index (χ1v) is 8.19. The first-order chi connectivity index (χ1) is 12.2. The fourth-order valence-electron chi connectivity index (χ4n) is 2.81. The van der Waals surface area contributed by atoms with Gasteiger partial charge in [-0.05, 0) is 48.7 Å². The number of hydrazone groups is 1. The van der Waals surface area contributed by atoms with Crippen LogP contribution in [0.5, 0.6) is 5.75 Å². The molecule has 25 heavy (non-hydrogen) atoms. The minimum absolute atomic E-state index is 0.273. The lowest BCUT2D eigenvalue weighted by Crippen LogP contribution is -2.19. The molecule has 0 radical (unpaired) electrons. The van der Waals surface area contributed by atoms with Gasteiger partial charge in [0.15, 0.2) is 0 Å². The number of hydrogen-bond donors (Lipinski definition) is 1. The Hall–Kier alpha value is -2.89. The highest BCUT2D eigenvalue weighted by Crippen LogP contribution is 2.24. The Morgan fingerprint density at radius 1 is 1.24 bits per heavy atom. The summed E-state index contributed by atoms with van der Waals surface area (Å²) in [5, 5.41) is 3.90. The number of nitrogens with zero attached hydrogens (tertiary/aromatic N) is 2. The number of rotatable bonds is 5. The van der Waals surface area contributed by atoms with Crippen LogP contribution >= 0.6 is 0 Å². The number of benzene rings is 2. The summed E-state index contributed by atoms with van der Waals surface area (Å²) >= 11 is 0. The molecule has 1 amide bonds. The minimum atomic E-state index is -0.357. The lowest BCUT2D eigenvalue weighted by atomic mass is 10.2. The lowest BCUT2D eigenvalue weighted by molar-refractivity contribution is 0.0955. The van der Waals surface area contributed by atoms with Crippen LogP contribution in [-0.2, 0) is 0 Å².